The van der Waals surface area contributed by atoms with E-state index in [1.165, 1.54) is 0 Å². The van der Waals surface area contributed by atoms with Crippen molar-refractivity contribution in [3.8, 4) is 0 Å². The zero-order chi connectivity index (χ0) is 38.1. The first-order valence-corrected chi connectivity index (χ1v) is 19.4. The summed E-state index contributed by atoms with van der Waals surface area (Å²) in [4.78, 5) is 40.2. The van der Waals surface area contributed by atoms with Gasteiger partial charge in [-0.3, -0.25) is 14.1 Å². The average molecular weight is 743 g/mol. The molecule has 1 saturated heterocycles. The summed E-state index contributed by atoms with van der Waals surface area (Å²) in [5.41, 5.74) is -3.35. The number of ether oxygens (including phenoxy) is 2. The number of carboxylic acid groups (broad SMARTS) is 1. The van der Waals surface area contributed by atoms with Gasteiger partial charge in [0.15, 0.2) is 11.9 Å². The first kappa shape index (κ1) is 38.7. The first-order chi connectivity index (χ1) is 23.3. The molecule has 0 bridgehead atoms. The summed E-state index contributed by atoms with van der Waals surface area (Å²) in [6, 6.07) is 0. The maximum absolute atomic E-state index is 14.7. The van der Waals surface area contributed by atoms with Gasteiger partial charge in [0.1, 0.15) is 18.3 Å². The molecule has 0 aromatic rings. The van der Waals surface area contributed by atoms with Crippen LogP contribution in [0, 0.1) is 50.2 Å². The van der Waals surface area contributed by atoms with Crippen molar-refractivity contribution in [1.82, 2.24) is 0 Å². The Balaban J connectivity index is 1.33. The summed E-state index contributed by atoms with van der Waals surface area (Å²) in [6.45, 7) is 14.0. The topological polar surface area (TPSA) is 234 Å². The lowest BCUT2D eigenvalue weighted by atomic mass is 9.33. The monoisotopic (exact) mass is 742 g/mol. The fourth-order valence-electron chi connectivity index (χ4n) is 12.2. The molecule has 1 aliphatic heterocycles. The Labute approximate surface area is 298 Å². The average Bonchev–Trinajstić information content (AvgIpc) is 3.00. The lowest BCUT2D eigenvalue weighted by Gasteiger charge is -2.70. The van der Waals surface area contributed by atoms with E-state index in [1.807, 2.05) is 20.8 Å². The van der Waals surface area contributed by atoms with Gasteiger partial charge in [0.25, 0.3) is 0 Å². The van der Waals surface area contributed by atoms with Crippen molar-refractivity contribution in [3.63, 3.8) is 0 Å². The van der Waals surface area contributed by atoms with Crippen molar-refractivity contribution in [2.45, 2.75) is 143 Å². The standard InChI is InChI=1S/C36H54O14S/c1-31(2)20-8-11-36(7)27(34(20,5)10-9-22(31)50-51(45,46)47)19(37)14-17-18-15-32(3,16-21(38)33(18,4)12-13-35(17,36)6)30(44)49-29-25(41)23(39)24(40)26(48-29)28(42)43/h14,18,20-27,29,38-41H,8-13,15-16H2,1-7H3,(H,42,43)(H,45,46,47)/t18-,20-,21-,22-,23-,24-,25+,26-,27+,29-,32-,33+,34-,35+,36+/m0/s1. The highest BCUT2D eigenvalue weighted by Crippen LogP contribution is 2.75. The van der Waals surface area contributed by atoms with Crippen molar-refractivity contribution in [2.75, 3.05) is 0 Å². The third-order valence-corrected chi connectivity index (χ3v) is 15.8. The predicted molar refractivity (Wildman–Crippen MR) is 178 cm³/mol. The molecular formula is C36H54O14S. The highest BCUT2D eigenvalue weighted by Gasteiger charge is 2.71. The van der Waals surface area contributed by atoms with Crippen LogP contribution < -0.4 is 0 Å². The number of hydrogen-bond donors (Lipinski definition) is 6. The lowest BCUT2D eigenvalue weighted by molar-refractivity contribution is -0.290. The van der Waals surface area contributed by atoms with Crippen molar-refractivity contribution in [1.29, 1.82) is 0 Å². The van der Waals surface area contributed by atoms with Gasteiger partial charge in [-0.15, -0.1) is 0 Å². The minimum Gasteiger partial charge on any atom is -0.479 e. The van der Waals surface area contributed by atoms with E-state index in [2.05, 4.69) is 20.8 Å². The molecular weight excluding hydrogens is 688 g/mol. The third-order valence-electron chi connectivity index (χ3n) is 15.4. The number of ketones is 1. The van der Waals surface area contributed by atoms with Crippen LogP contribution in [0.2, 0.25) is 0 Å². The van der Waals surface area contributed by atoms with Crippen LogP contribution in [0.15, 0.2) is 11.6 Å². The number of hydrogen-bond acceptors (Lipinski definition) is 12. The van der Waals surface area contributed by atoms with Gasteiger partial charge in [0.05, 0.1) is 17.6 Å². The number of allylic oxidation sites excluding steroid dienone is 2. The molecule has 4 saturated carbocycles. The molecule has 15 atom stereocenters. The highest BCUT2D eigenvalue weighted by atomic mass is 32.3. The van der Waals surface area contributed by atoms with E-state index >= 15 is 0 Å². The van der Waals surface area contributed by atoms with Crippen molar-refractivity contribution in [3.05, 3.63) is 11.6 Å². The second-order valence-corrected chi connectivity index (χ2v) is 19.4. The number of carbonyl (C=O) groups is 3. The minimum absolute atomic E-state index is 0.00531. The van der Waals surface area contributed by atoms with Gasteiger partial charge in [-0.2, -0.15) is 8.42 Å². The van der Waals surface area contributed by atoms with Gasteiger partial charge in [-0.1, -0.05) is 47.1 Å². The van der Waals surface area contributed by atoms with E-state index in [9.17, 15) is 52.9 Å². The number of aliphatic hydroxyl groups is 4. The largest absolute Gasteiger partial charge is 0.479 e. The number of carbonyl (C=O) groups excluding carboxylic acids is 2. The predicted octanol–water partition coefficient (Wildman–Crippen LogP) is 2.56. The highest BCUT2D eigenvalue weighted by molar-refractivity contribution is 7.80. The quantitative estimate of drug-likeness (QED) is 0.176. The van der Waals surface area contributed by atoms with Crippen LogP contribution in [0.5, 0.6) is 0 Å². The SMILES string of the molecule is CC1(C)[C@@H](OS(=O)(=O)O)CC[C@]2(C)[C@H]3C(=O)C=C4[C@@H]5C[C@](C)(C(=O)O[C@@H]6O[C@H](C(=O)O)[C@@H](O)[C@H](O)[C@H]6O)C[C@H](O)[C@]5(C)CC[C@@]4(C)[C@]3(C)CC[C@@H]12. The summed E-state index contributed by atoms with van der Waals surface area (Å²) in [5.74, 6) is -3.42. The summed E-state index contributed by atoms with van der Waals surface area (Å²) >= 11 is 0. The minimum atomic E-state index is -4.68. The van der Waals surface area contributed by atoms with Crippen LogP contribution >= 0.6 is 0 Å². The molecule has 0 aromatic carbocycles. The number of aliphatic carboxylic acids is 1. The molecule has 14 nitrogen and oxygen atoms in total. The van der Waals surface area contributed by atoms with E-state index in [-0.39, 0.29) is 24.5 Å². The number of fused-ring (bicyclic) bond motifs is 7. The molecule has 51 heavy (non-hydrogen) atoms. The molecule has 1 heterocycles. The number of rotatable bonds is 5. The van der Waals surface area contributed by atoms with Gasteiger partial charge in [-0.25, -0.2) is 8.98 Å². The Morgan fingerprint density at radius 3 is 2.12 bits per heavy atom. The fourth-order valence-corrected chi connectivity index (χ4v) is 12.8. The Hall–Kier alpha value is -1.98. The van der Waals surface area contributed by atoms with Crippen LogP contribution in [-0.2, 0) is 38.4 Å². The van der Waals surface area contributed by atoms with E-state index < -0.39 is 110 Å². The molecule has 5 aliphatic carbocycles. The van der Waals surface area contributed by atoms with Crippen LogP contribution in [0.1, 0.15) is 99.8 Å². The van der Waals surface area contributed by atoms with E-state index in [0.29, 0.717) is 38.5 Å². The number of esters is 1. The molecule has 15 heteroatoms. The Morgan fingerprint density at radius 1 is 0.863 bits per heavy atom. The molecule has 5 fully saturated rings. The maximum Gasteiger partial charge on any atom is 0.397 e. The number of carboxylic acids is 1. The molecule has 0 amide bonds. The first-order valence-electron chi connectivity index (χ1n) is 18.0. The fraction of sp³-hybridized carbons (Fsp3) is 0.861. The van der Waals surface area contributed by atoms with E-state index in [1.54, 1.807) is 13.0 Å². The second kappa shape index (κ2) is 12.0. The van der Waals surface area contributed by atoms with Crippen molar-refractivity contribution >= 4 is 28.1 Å². The molecule has 0 spiro atoms. The van der Waals surface area contributed by atoms with Gasteiger partial charge in [-0.05, 0) is 97.9 Å². The second-order valence-electron chi connectivity index (χ2n) is 18.3. The van der Waals surface area contributed by atoms with Crippen LogP contribution in [0.3, 0.4) is 0 Å². The van der Waals surface area contributed by atoms with Crippen molar-refractivity contribution < 1.29 is 66.5 Å². The van der Waals surface area contributed by atoms with Gasteiger partial charge < -0.3 is 35.0 Å². The zero-order valence-electron chi connectivity index (χ0n) is 30.4. The molecule has 6 N–H and O–H groups in total. The Morgan fingerprint density at radius 2 is 1.51 bits per heavy atom. The molecule has 0 aromatic heterocycles. The Bertz CT molecular complexity index is 1630. The lowest BCUT2D eigenvalue weighted by Crippen LogP contribution is -2.67. The molecule has 6 aliphatic rings. The van der Waals surface area contributed by atoms with Crippen LogP contribution in [-0.4, -0.2) is 99.1 Å². The van der Waals surface area contributed by atoms with Crippen molar-refractivity contribution in [2.24, 2.45) is 50.2 Å². The smallest absolute Gasteiger partial charge is 0.397 e. The van der Waals surface area contributed by atoms with Gasteiger partial charge in [0.2, 0.25) is 6.29 Å². The molecule has 0 unspecified atom stereocenters. The number of aliphatic hydroxyl groups excluding tert-OH is 4. The van der Waals surface area contributed by atoms with Gasteiger partial charge >= 0.3 is 22.3 Å². The normalized spacial score (nSPS) is 50.8. The summed E-state index contributed by atoms with van der Waals surface area (Å²) < 4.78 is 49.0. The van der Waals surface area contributed by atoms with Gasteiger partial charge in [0, 0.05) is 11.3 Å². The maximum atomic E-state index is 14.7. The summed E-state index contributed by atoms with van der Waals surface area (Å²) in [7, 11) is -4.68. The van der Waals surface area contributed by atoms with Crippen LogP contribution in [0.25, 0.3) is 0 Å². The van der Waals surface area contributed by atoms with E-state index in [4.69, 9.17) is 13.7 Å². The molecule has 0 radical (unpaired) electrons. The summed E-state index contributed by atoms with van der Waals surface area (Å²) in [5, 5.41) is 52.1. The molecule has 288 valence electrons. The zero-order valence-corrected chi connectivity index (χ0v) is 31.2. The summed E-state index contributed by atoms with van der Waals surface area (Å²) in [6.07, 6.45) is -5.90. The Kier molecular flexibility index (Phi) is 9.12. The van der Waals surface area contributed by atoms with E-state index in [0.717, 1.165) is 5.57 Å². The van der Waals surface area contributed by atoms with Crippen LogP contribution in [0.4, 0.5) is 0 Å². The third kappa shape index (κ3) is 5.58. The molecule has 6 rings (SSSR count).